The molecule has 31 heavy (non-hydrogen) atoms. The number of anilines is 1. The predicted octanol–water partition coefficient (Wildman–Crippen LogP) is 3.21. The maximum absolute atomic E-state index is 12.9. The fourth-order valence-electron chi connectivity index (χ4n) is 3.00. The second-order valence-electron chi connectivity index (χ2n) is 6.94. The maximum Gasteiger partial charge on any atom is 0.268 e. The van der Waals surface area contributed by atoms with Gasteiger partial charge in [-0.1, -0.05) is 36.4 Å². The largest absolute Gasteiger partial charge is 0.348 e. The second kappa shape index (κ2) is 9.42. The molecule has 0 fully saturated rings. The molecule has 0 saturated carbocycles. The topological polar surface area (TPSA) is 86.8 Å². The van der Waals surface area contributed by atoms with Crippen molar-refractivity contribution in [2.24, 2.45) is 0 Å². The van der Waals surface area contributed by atoms with E-state index in [0.717, 1.165) is 4.31 Å². The highest BCUT2D eigenvalue weighted by Crippen LogP contribution is 2.23. The molecule has 1 aromatic heterocycles. The summed E-state index contributed by atoms with van der Waals surface area (Å²) in [6, 6.07) is 16.9. The first-order chi connectivity index (χ1) is 14.7. The van der Waals surface area contributed by atoms with Gasteiger partial charge >= 0.3 is 0 Å². The average molecular weight is 458 g/mol. The van der Waals surface area contributed by atoms with Gasteiger partial charge in [-0.05, 0) is 35.2 Å². The molecule has 2 aromatic carbocycles. The van der Waals surface area contributed by atoms with Crippen molar-refractivity contribution in [2.45, 2.75) is 11.4 Å². The highest BCUT2D eigenvalue weighted by atomic mass is 32.2. The van der Waals surface area contributed by atoms with E-state index in [9.17, 15) is 18.0 Å². The number of hydrogen-bond acceptors (Lipinski definition) is 5. The van der Waals surface area contributed by atoms with Gasteiger partial charge in [-0.3, -0.25) is 9.59 Å². The van der Waals surface area contributed by atoms with Crippen LogP contribution in [0, 0.1) is 0 Å². The summed E-state index contributed by atoms with van der Waals surface area (Å²) in [5.41, 5.74) is 1.26. The van der Waals surface area contributed by atoms with Crippen LogP contribution in [-0.4, -0.2) is 45.7 Å². The molecule has 1 N–H and O–H groups in total. The Bertz CT molecular complexity index is 1190. The molecule has 1 heterocycles. The first-order valence-electron chi connectivity index (χ1n) is 9.42. The summed E-state index contributed by atoms with van der Waals surface area (Å²) in [5, 5.41) is 4.60. The van der Waals surface area contributed by atoms with E-state index >= 15 is 0 Å². The van der Waals surface area contributed by atoms with E-state index in [1.807, 2.05) is 5.38 Å². The summed E-state index contributed by atoms with van der Waals surface area (Å²) in [6.45, 7) is 0.0268. The molecule has 9 heteroatoms. The molecule has 0 spiro atoms. The number of nitrogens with zero attached hydrogens (tertiary/aromatic N) is 2. The van der Waals surface area contributed by atoms with Crippen LogP contribution in [0.2, 0.25) is 0 Å². The summed E-state index contributed by atoms with van der Waals surface area (Å²) >= 11 is 1.33. The van der Waals surface area contributed by atoms with E-state index in [1.165, 1.54) is 36.4 Å². The number of sulfonamides is 1. The van der Waals surface area contributed by atoms with Crippen LogP contribution in [0.25, 0.3) is 0 Å². The van der Waals surface area contributed by atoms with Crippen LogP contribution in [0.3, 0.4) is 0 Å². The predicted molar refractivity (Wildman–Crippen MR) is 122 cm³/mol. The number of nitrogens with one attached hydrogen (secondary N) is 1. The lowest BCUT2D eigenvalue weighted by molar-refractivity contribution is 0.0951. The van der Waals surface area contributed by atoms with Gasteiger partial charge in [0.25, 0.3) is 11.8 Å². The molecule has 7 nitrogen and oxygen atoms in total. The molecule has 3 aromatic rings. The zero-order valence-corrected chi connectivity index (χ0v) is 19.0. The van der Waals surface area contributed by atoms with E-state index in [0.29, 0.717) is 21.7 Å². The molecule has 0 unspecified atom stereocenters. The van der Waals surface area contributed by atoms with Crippen molar-refractivity contribution < 1.29 is 18.0 Å². The molecular formula is C22H23N3O4S2. The summed E-state index contributed by atoms with van der Waals surface area (Å²) in [6.07, 6.45) is 0. The highest BCUT2D eigenvalue weighted by Gasteiger charge is 2.23. The van der Waals surface area contributed by atoms with Gasteiger partial charge in [-0.15, -0.1) is 11.3 Å². The second-order valence-corrected chi connectivity index (χ2v) is 10.0. The smallest absolute Gasteiger partial charge is 0.268 e. The number of carbonyl (C=O) groups excluding carboxylic acids is 2. The van der Waals surface area contributed by atoms with Crippen LogP contribution >= 0.6 is 11.3 Å². The molecule has 0 aliphatic carbocycles. The number of rotatable bonds is 7. The van der Waals surface area contributed by atoms with Crippen molar-refractivity contribution in [3.05, 3.63) is 82.0 Å². The van der Waals surface area contributed by atoms with Crippen molar-refractivity contribution in [2.75, 3.05) is 26.0 Å². The lowest BCUT2D eigenvalue weighted by atomic mass is 10.1. The Morgan fingerprint density at radius 3 is 2.29 bits per heavy atom. The van der Waals surface area contributed by atoms with Gasteiger partial charge in [-0.2, -0.15) is 0 Å². The fourth-order valence-corrected chi connectivity index (χ4v) is 4.82. The third kappa shape index (κ3) is 4.84. The molecule has 162 valence electrons. The molecule has 0 radical (unpaired) electrons. The average Bonchev–Trinajstić information content (AvgIpc) is 3.31. The lowest BCUT2D eigenvalue weighted by Gasteiger charge is -2.20. The normalized spacial score (nSPS) is 11.4. The third-order valence-electron chi connectivity index (χ3n) is 4.72. The standard InChI is InChI=1S/C22H23N3O4S2/c1-24(2)31(28,29)20-13-7-4-9-16(20)15-23-21(26)17-10-5-6-11-18(17)25(3)22(27)19-12-8-14-30-19/h4-14H,15H2,1-3H3,(H,23,26). The first-order valence-corrected chi connectivity index (χ1v) is 11.7. The van der Waals surface area contributed by atoms with Gasteiger partial charge in [0.2, 0.25) is 10.0 Å². The Labute approximate surface area is 186 Å². The van der Waals surface area contributed by atoms with Crippen LogP contribution in [-0.2, 0) is 16.6 Å². The third-order valence-corrected chi connectivity index (χ3v) is 7.49. The molecule has 0 saturated heterocycles. The molecule has 0 aliphatic rings. The Morgan fingerprint density at radius 1 is 0.935 bits per heavy atom. The van der Waals surface area contributed by atoms with E-state index in [1.54, 1.807) is 61.6 Å². The van der Waals surface area contributed by atoms with Crippen molar-refractivity contribution in [3.8, 4) is 0 Å². The highest BCUT2D eigenvalue weighted by molar-refractivity contribution is 7.89. The van der Waals surface area contributed by atoms with E-state index < -0.39 is 15.9 Å². The molecule has 0 aliphatic heterocycles. The summed E-state index contributed by atoms with van der Waals surface area (Å²) in [5.74, 6) is -0.615. The molecule has 2 amide bonds. The zero-order valence-electron chi connectivity index (χ0n) is 17.4. The van der Waals surface area contributed by atoms with Crippen LogP contribution < -0.4 is 10.2 Å². The minimum Gasteiger partial charge on any atom is -0.348 e. The molecular weight excluding hydrogens is 434 g/mol. The van der Waals surface area contributed by atoms with Gasteiger partial charge in [0.05, 0.1) is 21.0 Å². The minimum atomic E-state index is -3.65. The SMILES string of the molecule is CN(C(=O)c1cccs1)c1ccccc1C(=O)NCc1ccccc1S(=O)(=O)N(C)C. The van der Waals surface area contributed by atoms with E-state index in [4.69, 9.17) is 0 Å². The van der Waals surface area contributed by atoms with Gasteiger partial charge in [0, 0.05) is 27.7 Å². The van der Waals surface area contributed by atoms with Gasteiger partial charge in [-0.25, -0.2) is 12.7 Å². The van der Waals surface area contributed by atoms with Crippen LogP contribution in [0.4, 0.5) is 5.69 Å². The monoisotopic (exact) mass is 457 g/mol. The maximum atomic E-state index is 12.9. The number of benzene rings is 2. The van der Waals surface area contributed by atoms with Crippen LogP contribution in [0.1, 0.15) is 25.6 Å². The Kier molecular flexibility index (Phi) is 6.89. The van der Waals surface area contributed by atoms with Gasteiger partial charge in [0.1, 0.15) is 0 Å². The first kappa shape index (κ1) is 22.7. The van der Waals surface area contributed by atoms with Crippen molar-refractivity contribution in [3.63, 3.8) is 0 Å². The quantitative estimate of drug-likeness (QED) is 0.590. The zero-order chi connectivity index (χ0) is 22.6. The Hall–Kier alpha value is -3.01. The van der Waals surface area contributed by atoms with Crippen LogP contribution in [0.5, 0.6) is 0 Å². The van der Waals surface area contributed by atoms with Crippen molar-refractivity contribution >= 4 is 38.9 Å². The number of hydrogen-bond donors (Lipinski definition) is 1. The fraction of sp³-hybridized carbons (Fsp3) is 0.182. The Balaban J connectivity index is 1.83. The summed E-state index contributed by atoms with van der Waals surface area (Å²) in [7, 11) is 0.890. The number of para-hydroxylation sites is 1. The van der Waals surface area contributed by atoms with Crippen molar-refractivity contribution in [1.29, 1.82) is 0 Å². The van der Waals surface area contributed by atoms with Gasteiger partial charge in [0.15, 0.2) is 0 Å². The molecule has 3 rings (SSSR count). The molecule has 0 atom stereocenters. The molecule has 0 bridgehead atoms. The Morgan fingerprint density at radius 2 is 1.61 bits per heavy atom. The number of amides is 2. The van der Waals surface area contributed by atoms with Crippen molar-refractivity contribution in [1.82, 2.24) is 9.62 Å². The number of carbonyl (C=O) groups is 2. The van der Waals surface area contributed by atoms with Crippen LogP contribution in [0.15, 0.2) is 70.9 Å². The summed E-state index contributed by atoms with van der Waals surface area (Å²) < 4.78 is 26.3. The minimum absolute atomic E-state index is 0.0268. The lowest BCUT2D eigenvalue weighted by Crippen LogP contribution is -2.30. The van der Waals surface area contributed by atoms with E-state index in [-0.39, 0.29) is 17.3 Å². The van der Waals surface area contributed by atoms with E-state index in [2.05, 4.69) is 5.32 Å². The summed E-state index contributed by atoms with van der Waals surface area (Å²) in [4.78, 5) is 27.8. The number of thiophene rings is 1. The van der Waals surface area contributed by atoms with Gasteiger partial charge < -0.3 is 10.2 Å².